The normalized spacial score (nSPS) is 20.8. The van der Waals surface area contributed by atoms with E-state index in [0.29, 0.717) is 54.0 Å². The van der Waals surface area contributed by atoms with Gasteiger partial charge in [-0.05, 0) is 25.0 Å². The van der Waals surface area contributed by atoms with Gasteiger partial charge in [0.1, 0.15) is 17.3 Å². The second kappa shape index (κ2) is 8.38. The number of ether oxygens (including phenoxy) is 2. The number of H-pyrrole nitrogens is 1. The molecule has 1 aliphatic carbocycles. The van der Waals surface area contributed by atoms with Crippen LogP contribution in [0.3, 0.4) is 0 Å². The Labute approximate surface area is 212 Å². The van der Waals surface area contributed by atoms with Gasteiger partial charge in [0.2, 0.25) is 5.95 Å². The van der Waals surface area contributed by atoms with Gasteiger partial charge in [0.15, 0.2) is 5.75 Å². The minimum atomic E-state index is -0.335. The minimum Gasteiger partial charge on any atom is -0.421 e. The van der Waals surface area contributed by atoms with Crippen molar-refractivity contribution in [3.05, 3.63) is 30.3 Å². The molecular weight excluding hydrogens is 477 g/mol. The first kappa shape index (κ1) is 22.4. The number of hydrogen-bond acceptors (Lipinski definition) is 10. The van der Waals surface area contributed by atoms with E-state index in [0.717, 1.165) is 43.4 Å². The molecule has 2 saturated heterocycles. The minimum absolute atomic E-state index is 0.0674. The summed E-state index contributed by atoms with van der Waals surface area (Å²) in [5.74, 6) is 1.41. The molecule has 5 heterocycles. The van der Waals surface area contributed by atoms with Gasteiger partial charge < -0.3 is 35.3 Å². The molecule has 4 N–H and O–H groups in total. The predicted molar refractivity (Wildman–Crippen MR) is 138 cm³/mol. The number of nitrogens with two attached hydrogens (primary N) is 1. The summed E-state index contributed by atoms with van der Waals surface area (Å²) in [6.45, 7) is 4.28. The Bertz CT molecular complexity index is 1480. The van der Waals surface area contributed by atoms with Crippen molar-refractivity contribution >= 4 is 39.4 Å². The third-order valence-electron chi connectivity index (χ3n) is 7.77. The van der Waals surface area contributed by atoms with Crippen LogP contribution in [0, 0.1) is 11.2 Å². The Morgan fingerprint density at radius 2 is 1.95 bits per heavy atom. The first-order valence-electron chi connectivity index (χ1n) is 12.6. The number of aromatic amines is 1. The monoisotopic (exact) mass is 505 g/mol. The molecule has 2 aliphatic heterocycles. The number of morpholine rings is 1. The van der Waals surface area contributed by atoms with E-state index >= 15 is 0 Å². The lowest BCUT2D eigenvalue weighted by Crippen LogP contribution is -2.37. The first-order chi connectivity index (χ1) is 18.0. The van der Waals surface area contributed by atoms with E-state index in [1.807, 2.05) is 0 Å². The second-order valence-electron chi connectivity index (χ2n) is 10.1. The second-order valence-corrected chi connectivity index (χ2v) is 10.1. The molecule has 4 aromatic rings. The maximum absolute atomic E-state index is 14.6. The largest absolute Gasteiger partial charge is 0.421 e. The van der Waals surface area contributed by atoms with E-state index in [1.165, 1.54) is 12.1 Å². The smallest absolute Gasteiger partial charge is 0.326 e. The fraction of sp³-hybridized carbons (Fsp3) is 0.440. The molecule has 7 rings (SSSR count). The van der Waals surface area contributed by atoms with Gasteiger partial charge in [-0.25, -0.2) is 14.4 Å². The van der Waals surface area contributed by atoms with Crippen LogP contribution in [0.2, 0.25) is 0 Å². The molecular formula is C25H28FN9O2. The summed E-state index contributed by atoms with van der Waals surface area (Å²) in [7, 11) is 1.76. The van der Waals surface area contributed by atoms with Gasteiger partial charge in [-0.2, -0.15) is 9.97 Å². The number of halogens is 1. The molecule has 0 radical (unpaired) electrons. The van der Waals surface area contributed by atoms with E-state index in [9.17, 15) is 4.39 Å². The molecule has 192 valence electrons. The van der Waals surface area contributed by atoms with Crippen LogP contribution < -0.4 is 25.6 Å². The highest BCUT2D eigenvalue weighted by Crippen LogP contribution is 2.53. The van der Waals surface area contributed by atoms with E-state index < -0.39 is 0 Å². The summed E-state index contributed by atoms with van der Waals surface area (Å²) in [5.41, 5.74) is 8.62. The SMILES string of the molecule is CNc1cc(F)cc2c1[nH]c1nc(Oc3cnc(N4CCOCC4)nc3)nc(N3C[C@H](N)C4(CC4)C3)c12. The topological polar surface area (TPSA) is 130 Å². The Morgan fingerprint density at radius 1 is 1.16 bits per heavy atom. The molecule has 1 atom stereocenters. The highest BCUT2D eigenvalue weighted by molar-refractivity contribution is 6.14. The van der Waals surface area contributed by atoms with Crippen LogP contribution in [0.5, 0.6) is 11.8 Å². The molecule has 0 bridgehead atoms. The van der Waals surface area contributed by atoms with Crippen LogP contribution in [-0.2, 0) is 4.74 Å². The summed E-state index contributed by atoms with van der Waals surface area (Å²) in [6, 6.07) is 3.20. The number of rotatable bonds is 5. The van der Waals surface area contributed by atoms with E-state index in [-0.39, 0.29) is 23.3 Å². The summed E-state index contributed by atoms with van der Waals surface area (Å²) >= 11 is 0. The standard InChI is InChI=1S/C25H28FN9O2/c1-28-17-9-14(26)8-16-19-21(31-20(16)17)32-24(33-22(19)35-12-18(27)25(13-35)2-3-25)37-15-10-29-23(30-11-15)34-4-6-36-7-5-34/h8-11,18,28H,2-7,12-13,27H2,1H3,(H,31,32,33)/t18-/m0/s1. The van der Waals surface area contributed by atoms with Gasteiger partial charge >= 0.3 is 6.01 Å². The summed E-state index contributed by atoms with van der Waals surface area (Å²) in [6.07, 6.45) is 5.47. The molecule has 1 saturated carbocycles. The van der Waals surface area contributed by atoms with Gasteiger partial charge in [-0.3, -0.25) is 0 Å². The van der Waals surface area contributed by atoms with E-state index in [4.69, 9.17) is 20.2 Å². The molecule has 0 unspecified atom stereocenters. The number of benzene rings is 1. The number of anilines is 3. The molecule has 1 spiro atoms. The van der Waals surface area contributed by atoms with Crippen LogP contribution in [0.4, 0.5) is 21.8 Å². The molecule has 3 aliphatic rings. The van der Waals surface area contributed by atoms with Crippen molar-refractivity contribution in [3.8, 4) is 11.8 Å². The number of nitrogens with one attached hydrogen (secondary N) is 2. The van der Waals surface area contributed by atoms with Gasteiger partial charge in [-0.15, -0.1) is 0 Å². The maximum Gasteiger partial charge on any atom is 0.326 e. The lowest BCUT2D eigenvalue weighted by Gasteiger charge is -2.26. The molecule has 3 aromatic heterocycles. The number of nitrogens with zero attached hydrogens (tertiary/aromatic N) is 6. The van der Waals surface area contributed by atoms with Crippen LogP contribution in [0.15, 0.2) is 24.5 Å². The first-order valence-corrected chi connectivity index (χ1v) is 12.6. The molecule has 37 heavy (non-hydrogen) atoms. The fourth-order valence-electron chi connectivity index (χ4n) is 5.53. The third-order valence-corrected chi connectivity index (χ3v) is 7.77. The highest BCUT2D eigenvalue weighted by Gasteiger charge is 2.54. The summed E-state index contributed by atoms with van der Waals surface area (Å²) < 4.78 is 26.0. The van der Waals surface area contributed by atoms with Crippen LogP contribution >= 0.6 is 0 Å². The average molecular weight is 506 g/mol. The Hall–Kier alpha value is -3.77. The van der Waals surface area contributed by atoms with Crippen LogP contribution in [-0.4, -0.2) is 77.4 Å². The van der Waals surface area contributed by atoms with Crippen molar-refractivity contribution in [1.29, 1.82) is 0 Å². The molecule has 11 nitrogen and oxygen atoms in total. The van der Waals surface area contributed by atoms with Gasteiger partial charge in [0, 0.05) is 50.1 Å². The highest BCUT2D eigenvalue weighted by atomic mass is 19.1. The summed E-state index contributed by atoms with van der Waals surface area (Å²) in [5, 5.41) is 4.53. The summed E-state index contributed by atoms with van der Waals surface area (Å²) in [4.78, 5) is 26.0. The van der Waals surface area contributed by atoms with E-state index in [1.54, 1.807) is 19.4 Å². The maximum atomic E-state index is 14.6. The predicted octanol–water partition coefficient (Wildman–Crippen LogP) is 2.64. The van der Waals surface area contributed by atoms with Crippen LogP contribution in [0.25, 0.3) is 21.9 Å². The zero-order valence-electron chi connectivity index (χ0n) is 20.5. The number of aromatic nitrogens is 5. The van der Waals surface area contributed by atoms with Gasteiger partial charge in [-0.1, -0.05) is 0 Å². The van der Waals surface area contributed by atoms with Crippen molar-refractivity contribution in [2.24, 2.45) is 11.1 Å². The average Bonchev–Trinajstić information content (AvgIpc) is 3.50. The Kier molecular flexibility index (Phi) is 5.08. The third kappa shape index (κ3) is 3.78. The fourth-order valence-corrected chi connectivity index (χ4v) is 5.53. The number of hydrogen-bond donors (Lipinski definition) is 3. The van der Waals surface area contributed by atoms with Crippen LogP contribution in [0.1, 0.15) is 12.8 Å². The molecule has 0 amide bonds. The van der Waals surface area contributed by atoms with Crippen molar-refractivity contribution in [3.63, 3.8) is 0 Å². The van der Waals surface area contributed by atoms with Crippen molar-refractivity contribution in [2.75, 3.05) is 61.6 Å². The van der Waals surface area contributed by atoms with E-state index in [2.05, 4.69) is 35.1 Å². The quantitative estimate of drug-likeness (QED) is 0.372. The zero-order valence-corrected chi connectivity index (χ0v) is 20.5. The molecule has 12 heteroatoms. The number of fused-ring (bicyclic) bond motifs is 3. The lowest BCUT2D eigenvalue weighted by atomic mass is 10.0. The van der Waals surface area contributed by atoms with Gasteiger partial charge in [0.05, 0.1) is 42.2 Å². The lowest BCUT2D eigenvalue weighted by molar-refractivity contribution is 0.122. The van der Waals surface area contributed by atoms with Gasteiger partial charge in [0.25, 0.3) is 0 Å². The molecule has 3 fully saturated rings. The van der Waals surface area contributed by atoms with Crippen molar-refractivity contribution in [1.82, 2.24) is 24.9 Å². The van der Waals surface area contributed by atoms with Crippen molar-refractivity contribution in [2.45, 2.75) is 18.9 Å². The zero-order chi connectivity index (χ0) is 25.1. The van der Waals surface area contributed by atoms with Crippen molar-refractivity contribution < 1.29 is 13.9 Å². The Balaban J connectivity index is 1.29. The molecule has 1 aromatic carbocycles. The Morgan fingerprint density at radius 3 is 2.65 bits per heavy atom.